The second-order valence-corrected chi connectivity index (χ2v) is 10.1. The second kappa shape index (κ2) is 8.34. The van der Waals surface area contributed by atoms with E-state index in [9.17, 15) is 24.5 Å². The number of aryl methyl sites for hydroxylation is 1. The summed E-state index contributed by atoms with van der Waals surface area (Å²) in [6.07, 6.45) is 1.35. The molecule has 2 aliphatic rings. The van der Waals surface area contributed by atoms with Crippen molar-refractivity contribution in [3.05, 3.63) is 69.8 Å². The molecule has 34 heavy (non-hydrogen) atoms. The van der Waals surface area contributed by atoms with E-state index < -0.39 is 27.7 Å². The first-order valence-electron chi connectivity index (χ1n) is 11.4. The van der Waals surface area contributed by atoms with Crippen molar-refractivity contribution >= 4 is 29.1 Å². The lowest BCUT2D eigenvalue weighted by atomic mass is 9.62. The summed E-state index contributed by atoms with van der Waals surface area (Å²) < 4.78 is 0. The lowest BCUT2D eigenvalue weighted by Crippen LogP contribution is -2.64. The summed E-state index contributed by atoms with van der Waals surface area (Å²) in [6.45, 7) is 7.41. The van der Waals surface area contributed by atoms with Crippen molar-refractivity contribution in [2.45, 2.75) is 53.0 Å². The molecule has 3 unspecified atom stereocenters. The summed E-state index contributed by atoms with van der Waals surface area (Å²) >= 11 is 0. The fourth-order valence-electron chi connectivity index (χ4n) is 5.39. The quantitative estimate of drug-likeness (QED) is 0.391. The van der Waals surface area contributed by atoms with E-state index in [-0.39, 0.29) is 35.5 Å². The molecule has 0 spiro atoms. The first-order valence-corrected chi connectivity index (χ1v) is 11.4. The molecule has 4 rings (SSSR count). The van der Waals surface area contributed by atoms with Crippen LogP contribution in [-0.4, -0.2) is 33.6 Å². The van der Waals surface area contributed by atoms with Crippen LogP contribution < -0.4 is 5.32 Å². The lowest BCUT2D eigenvalue weighted by molar-refractivity contribution is -0.385. The highest BCUT2D eigenvalue weighted by molar-refractivity contribution is 6.09. The third-order valence-corrected chi connectivity index (χ3v) is 8.01. The van der Waals surface area contributed by atoms with E-state index in [1.807, 2.05) is 51.1 Å². The van der Waals surface area contributed by atoms with E-state index in [0.29, 0.717) is 18.4 Å². The summed E-state index contributed by atoms with van der Waals surface area (Å²) in [5.74, 6) is -1.55. The van der Waals surface area contributed by atoms with Gasteiger partial charge in [-0.05, 0) is 36.8 Å². The fraction of sp³-hybridized carbons (Fsp3) is 0.423. The fourth-order valence-corrected chi connectivity index (χ4v) is 5.39. The molecule has 1 saturated carbocycles. The number of rotatable bonds is 6. The molecule has 2 aromatic rings. The number of amides is 3. The normalized spacial score (nSPS) is 24.1. The highest BCUT2D eigenvalue weighted by Crippen LogP contribution is 2.60. The van der Waals surface area contributed by atoms with Crippen LogP contribution >= 0.6 is 0 Å². The first kappa shape index (κ1) is 23.6. The topological polar surface area (TPSA) is 110 Å². The maximum atomic E-state index is 13.7. The zero-order valence-corrected chi connectivity index (χ0v) is 19.8. The number of piperidine rings is 1. The molecular weight excluding hydrogens is 434 g/mol. The molecular formula is C26H29N3O5. The molecule has 2 fully saturated rings. The van der Waals surface area contributed by atoms with Gasteiger partial charge in [-0.3, -0.25) is 29.4 Å². The maximum Gasteiger partial charge on any atom is 0.274 e. The van der Waals surface area contributed by atoms with Crippen LogP contribution in [0.25, 0.3) is 0 Å². The number of nitrogens with one attached hydrogen (secondary N) is 1. The molecule has 8 heteroatoms. The number of nitro benzene ring substituents is 1. The van der Waals surface area contributed by atoms with Crippen LogP contribution in [0.2, 0.25) is 0 Å². The van der Waals surface area contributed by atoms with Crippen molar-refractivity contribution in [1.29, 1.82) is 0 Å². The van der Waals surface area contributed by atoms with Gasteiger partial charge < -0.3 is 5.32 Å². The van der Waals surface area contributed by atoms with E-state index >= 15 is 0 Å². The maximum absolute atomic E-state index is 13.7. The van der Waals surface area contributed by atoms with Gasteiger partial charge in [0.2, 0.25) is 17.7 Å². The van der Waals surface area contributed by atoms with Gasteiger partial charge in [-0.2, -0.15) is 0 Å². The summed E-state index contributed by atoms with van der Waals surface area (Å²) in [6, 6.07) is 12.6. The minimum absolute atomic E-state index is 0.116. The predicted molar refractivity (Wildman–Crippen MR) is 127 cm³/mol. The van der Waals surface area contributed by atoms with E-state index in [4.69, 9.17) is 0 Å². The molecule has 1 heterocycles. The molecule has 2 aromatic carbocycles. The molecule has 178 valence electrons. The van der Waals surface area contributed by atoms with Crippen LogP contribution in [-0.2, 0) is 20.8 Å². The molecule has 0 radical (unpaired) electrons. The number of fused-ring (bicyclic) bond motifs is 2. The van der Waals surface area contributed by atoms with Crippen LogP contribution in [0.5, 0.6) is 0 Å². The number of hydrogen-bond donors (Lipinski definition) is 1. The van der Waals surface area contributed by atoms with Gasteiger partial charge in [0, 0.05) is 29.7 Å². The van der Waals surface area contributed by atoms with Crippen molar-refractivity contribution in [1.82, 2.24) is 4.90 Å². The minimum Gasteiger partial charge on any atom is -0.324 e. The third kappa shape index (κ3) is 3.67. The molecule has 3 atom stereocenters. The molecule has 1 aliphatic heterocycles. The average Bonchev–Trinajstić information content (AvgIpc) is 2.97. The van der Waals surface area contributed by atoms with Crippen LogP contribution in [0.1, 0.15) is 44.7 Å². The summed E-state index contributed by atoms with van der Waals surface area (Å²) in [7, 11) is 0. The van der Waals surface area contributed by atoms with Gasteiger partial charge in [0.15, 0.2) is 0 Å². The minimum atomic E-state index is -1.07. The molecule has 0 aromatic heterocycles. The Kier molecular flexibility index (Phi) is 5.79. The van der Waals surface area contributed by atoms with Gasteiger partial charge in [0.05, 0.1) is 10.3 Å². The molecule has 1 N–H and O–H groups in total. The number of imide groups is 1. The van der Waals surface area contributed by atoms with Crippen LogP contribution in [0.15, 0.2) is 48.5 Å². The molecule has 8 nitrogen and oxygen atoms in total. The standard InChI is InChI=1S/C26H29N3O5/c1-16-10-11-18(15-20(16)29(33)34)27-22(30)21(14-17-8-6-5-7-9-17)28-23(31)19-12-13-26(4,24(28)32)25(19,2)3/h5-11,15,19,21H,12-14H2,1-4H3,(H,27,30). The van der Waals surface area contributed by atoms with Crippen molar-refractivity contribution in [2.75, 3.05) is 5.32 Å². The number of carbonyl (C=O) groups excluding carboxylic acids is 3. The number of hydrogen-bond acceptors (Lipinski definition) is 5. The Morgan fingerprint density at radius 3 is 2.50 bits per heavy atom. The highest BCUT2D eigenvalue weighted by Gasteiger charge is 2.65. The number of carbonyl (C=O) groups is 3. The van der Waals surface area contributed by atoms with E-state index in [1.165, 1.54) is 6.07 Å². The largest absolute Gasteiger partial charge is 0.324 e. The lowest BCUT2D eigenvalue weighted by Gasteiger charge is -2.49. The SMILES string of the molecule is Cc1ccc(NC(=O)C(Cc2ccccc2)N2C(=O)C3CCC(C)(C2=O)C3(C)C)cc1[N+](=O)[O-]. The molecule has 3 amide bonds. The van der Waals surface area contributed by atoms with Crippen LogP contribution in [0.3, 0.4) is 0 Å². The van der Waals surface area contributed by atoms with Gasteiger partial charge in [0.25, 0.3) is 5.69 Å². The van der Waals surface area contributed by atoms with E-state index in [2.05, 4.69) is 5.32 Å². The Labute approximate surface area is 198 Å². The van der Waals surface area contributed by atoms with Crippen molar-refractivity contribution in [2.24, 2.45) is 16.7 Å². The number of likely N-dealkylation sites (tertiary alicyclic amines) is 1. The van der Waals surface area contributed by atoms with Gasteiger partial charge in [-0.25, -0.2) is 0 Å². The van der Waals surface area contributed by atoms with Gasteiger partial charge >= 0.3 is 0 Å². The van der Waals surface area contributed by atoms with Gasteiger partial charge in [0.1, 0.15) is 6.04 Å². The Hall–Kier alpha value is -3.55. The Morgan fingerprint density at radius 1 is 1.18 bits per heavy atom. The Bertz CT molecular complexity index is 1180. The van der Waals surface area contributed by atoms with E-state index in [1.54, 1.807) is 19.1 Å². The summed E-state index contributed by atoms with van der Waals surface area (Å²) in [5.41, 5.74) is 0.158. The molecule has 1 aliphatic carbocycles. The summed E-state index contributed by atoms with van der Waals surface area (Å²) in [4.78, 5) is 52.8. The third-order valence-electron chi connectivity index (χ3n) is 8.01. The average molecular weight is 464 g/mol. The number of anilines is 1. The Balaban J connectivity index is 1.71. The highest BCUT2D eigenvalue weighted by atomic mass is 16.6. The van der Waals surface area contributed by atoms with Crippen LogP contribution in [0.4, 0.5) is 11.4 Å². The zero-order chi connectivity index (χ0) is 24.8. The van der Waals surface area contributed by atoms with Gasteiger partial charge in [-0.1, -0.05) is 57.2 Å². The number of nitrogens with zero attached hydrogens (tertiary/aromatic N) is 2. The first-order chi connectivity index (χ1) is 16.0. The molecule has 1 saturated heterocycles. The predicted octanol–water partition coefficient (Wildman–Crippen LogP) is 4.26. The van der Waals surface area contributed by atoms with Gasteiger partial charge in [-0.15, -0.1) is 0 Å². The molecule has 2 bridgehead atoms. The van der Waals surface area contributed by atoms with Crippen LogP contribution in [0, 0.1) is 33.8 Å². The smallest absolute Gasteiger partial charge is 0.274 e. The monoisotopic (exact) mass is 463 g/mol. The Morgan fingerprint density at radius 2 is 1.85 bits per heavy atom. The van der Waals surface area contributed by atoms with Crippen molar-refractivity contribution in [3.8, 4) is 0 Å². The van der Waals surface area contributed by atoms with E-state index in [0.717, 1.165) is 10.5 Å². The van der Waals surface area contributed by atoms with Crippen molar-refractivity contribution in [3.63, 3.8) is 0 Å². The second-order valence-electron chi connectivity index (χ2n) is 10.1. The van der Waals surface area contributed by atoms with Crippen molar-refractivity contribution < 1.29 is 19.3 Å². The summed E-state index contributed by atoms with van der Waals surface area (Å²) in [5, 5.41) is 14.1. The number of nitro groups is 1. The number of benzene rings is 2. The zero-order valence-electron chi connectivity index (χ0n) is 19.8.